The van der Waals surface area contributed by atoms with Crippen LogP contribution in [0.4, 0.5) is 0 Å². The molecule has 0 spiro atoms. The Kier molecular flexibility index (Phi) is 11.2. The van der Waals surface area contributed by atoms with E-state index in [1.54, 1.807) is 6.92 Å². The molecule has 0 radical (unpaired) electrons. The lowest BCUT2D eigenvalue weighted by molar-refractivity contribution is -0.146. The average molecular weight is 580 g/mol. The lowest BCUT2D eigenvalue weighted by atomic mass is 9.78. The molecule has 0 unspecified atom stereocenters. The third kappa shape index (κ3) is 8.72. The summed E-state index contributed by atoms with van der Waals surface area (Å²) in [5.74, 6) is 0.627. The Morgan fingerprint density at radius 3 is 2.08 bits per heavy atom. The molecule has 0 aliphatic heterocycles. The summed E-state index contributed by atoms with van der Waals surface area (Å²) in [5.41, 5.74) is 1.45. The lowest BCUT2D eigenvalue weighted by Crippen LogP contribution is -2.25. The maximum Gasteiger partial charge on any atom is 0.303 e. The molecular formula is C26H33Cl3O6S. The van der Waals surface area contributed by atoms with Gasteiger partial charge >= 0.3 is 5.97 Å². The molecule has 2 aromatic rings. The molecule has 6 nitrogen and oxygen atoms in total. The van der Waals surface area contributed by atoms with Crippen molar-refractivity contribution in [2.75, 3.05) is 30.6 Å². The van der Waals surface area contributed by atoms with E-state index >= 15 is 0 Å². The summed E-state index contributed by atoms with van der Waals surface area (Å²) in [7, 11) is -3.10. The molecule has 0 saturated carbocycles. The number of carbonyl (C=O) groups is 1. The zero-order valence-corrected chi connectivity index (χ0v) is 24.2. The van der Waals surface area contributed by atoms with Crippen molar-refractivity contribution in [3.05, 3.63) is 57.6 Å². The first-order valence-electron chi connectivity index (χ1n) is 11.6. The molecule has 2 rings (SSSR count). The van der Waals surface area contributed by atoms with Gasteiger partial charge < -0.3 is 14.2 Å². The number of hydrogen-bond acceptors (Lipinski definition) is 6. The summed E-state index contributed by atoms with van der Waals surface area (Å²) in [6.07, 6.45) is -0.524. The highest BCUT2D eigenvalue weighted by atomic mass is 35.5. The highest BCUT2D eigenvalue weighted by Gasteiger charge is 2.26. The number of alkyl halides is 1. The van der Waals surface area contributed by atoms with Gasteiger partial charge in [-0.05, 0) is 35.4 Å². The van der Waals surface area contributed by atoms with E-state index in [1.165, 1.54) is 6.92 Å². The van der Waals surface area contributed by atoms with Crippen LogP contribution in [0.15, 0.2) is 36.4 Å². The molecule has 0 aliphatic carbocycles. The van der Waals surface area contributed by atoms with Crippen LogP contribution in [0.2, 0.25) is 10.0 Å². The van der Waals surface area contributed by atoms with Gasteiger partial charge in [-0.3, -0.25) is 4.79 Å². The van der Waals surface area contributed by atoms with Gasteiger partial charge in [-0.1, -0.05) is 63.0 Å². The molecular weight excluding hydrogens is 547 g/mol. The van der Waals surface area contributed by atoms with Crippen LogP contribution >= 0.6 is 34.8 Å². The largest absolute Gasteiger partial charge is 0.490 e. The minimum Gasteiger partial charge on any atom is -0.490 e. The van der Waals surface area contributed by atoms with Crippen LogP contribution in [-0.4, -0.2) is 51.1 Å². The Hall–Kier alpha value is -1.67. The molecule has 0 aromatic heterocycles. The SMILES string of the molecule is CCS(=O)(=O)C[C@H](C)COc1c(Cl)cc(C(C)(C)c2ccc(OC[C@@H](CCl)OC(C)=O)cc2)cc1Cl. The maximum absolute atomic E-state index is 11.8. The van der Waals surface area contributed by atoms with Crippen molar-refractivity contribution in [1.82, 2.24) is 0 Å². The summed E-state index contributed by atoms with van der Waals surface area (Å²) in [6.45, 7) is 9.20. The van der Waals surface area contributed by atoms with E-state index in [4.69, 9.17) is 49.0 Å². The highest BCUT2D eigenvalue weighted by Crippen LogP contribution is 2.41. The molecule has 0 saturated heterocycles. The van der Waals surface area contributed by atoms with Gasteiger partial charge in [-0.2, -0.15) is 0 Å². The topological polar surface area (TPSA) is 78.9 Å². The van der Waals surface area contributed by atoms with E-state index in [0.717, 1.165) is 11.1 Å². The van der Waals surface area contributed by atoms with Gasteiger partial charge in [0.1, 0.15) is 28.3 Å². The predicted molar refractivity (Wildman–Crippen MR) is 146 cm³/mol. The minimum absolute atomic E-state index is 0.0415. The van der Waals surface area contributed by atoms with Gasteiger partial charge in [0.05, 0.1) is 28.3 Å². The Labute approximate surface area is 229 Å². The minimum atomic E-state index is -3.10. The summed E-state index contributed by atoms with van der Waals surface area (Å²) in [6, 6.07) is 11.2. The van der Waals surface area contributed by atoms with Crippen LogP contribution in [-0.2, 0) is 24.8 Å². The van der Waals surface area contributed by atoms with Gasteiger partial charge in [0, 0.05) is 24.0 Å². The first-order chi connectivity index (χ1) is 16.8. The number of ether oxygens (including phenoxy) is 3. The number of rotatable bonds is 13. The van der Waals surface area contributed by atoms with E-state index < -0.39 is 27.3 Å². The monoisotopic (exact) mass is 578 g/mol. The van der Waals surface area contributed by atoms with Crippen LogP contribution in [0.1, 0.15) is 45.7 Å². The Balaban J connectivity index is 2.12. The van der Waals surface area contributed by atoms with Crippen molar-refractivity contribution in [2.24, 2.45) is 5.92 Å². The second kappa shape index (κ2) is 13.2. The van der Waals surface area contributed by atoms with Crippen molar-refractivity contribution >= 4 is 50.6 Å². The van der Waals surface area contributed by atoms with Crippen LogP contribution in [0.25, 0.3) is 0 Å². The first kappa shape index (κ1) is 30.6. The summed E-state index contributed by atoms with van der Waals surface area (Å²) >= 11 is 18.9. The fourth-order valence-electron chi connectivity index (χ4n) is 3.55. The fraction of sp³-hybridized carbons (Fsp3) is 0.500. The van der Waals surface area contributed by atoms with Crippen molar-refractivity contribution < 1.29 is 27.4 Å². The van der Waals surface area contributed by atoms with Crippen LogP contribution < -0.4 is 9.47 Å². The Morgan fingerprint density at radius 1 is 1.00 bits per heavy atom. The number of esters is 1. The quantitative estimate of drug-likeness (QED) is 0.204. The van der Waals surface area contributed by atoms with Gasteiger partial charge in [0.25, 0.3) is 0 Å². The molecule has 10 heteroatoms. The van der Waals surface area contributed by atoms with E-state index in [0.29, 0.717) is 21.5 Å². The van der Waals surface area contributed by atoms with Crippen molar-refractivity contribution in [1.29, 1.82) is 0 Å². The standard InChI is InChI=1S/C26H33Cl3O6S/c1-6-36(31,32)16-17(2)14-34-25-23(28)11-20(12-24(25)29)26(4,5)19-7-9-21(10-8-19)33-15-22(13-27)35-18(3)30/h7-12,17,22H,6,13-16H2,1-5H3/t17-,22-/m1/s1. The van der Waals surface area contributed by atoms with Gasteiger partial charge in [0.2, 0.25) is 0 Å². The number of halogens is 3. The zero-order chi connectivity index (χ0) is 27.1. The third-order valence-electron chi connectivity index (χ3n) is 5.73. The lowest BCUT2D eigenvalue weighted by Gasteiger charge is -2.27. The zero-order valence-electron chi connectivity index (χ0n) is 21.1. The predicted octanol–water partition coefficient (Wildman–Crippen LogP) is 6.32. The second-order valence-electron chi connectivity index (χ2n) is 9.23. The van der Waals surface area contributed by atoms with Gasteiger partial charge in [0.15, 0.2) is 5.75 Å². The second-order valence-corrected chi connectivity index (χ2v) is 12.8. The number of benzene rings is 2. The van der Waals surface area contributed by atoms with Crippen LogP contribution in [0, 0.1) is 5.92 Å². The molecule has 0 aliphatic rings. The summed E-state index contributed by atoms with van der Waals surface area (Å²) in [4.78, 5) is 11.1. The highest BCUT2D eigenvalue weighted by molar-refractivity contribution is 7.91. The molecule has 0 fully saturated rings. The Bertz CT molecular complexity index is 1110. The molecule has 0 amide bonds. The summed E-state index contributed by atoms with van der Waals surface area (Å²) < 4.78 is 40.3. The fourth-order valence-corrected chi connectivity index (χ4v) is 5.50. The van der Waals surface area contributed by atoms with Gasteiger partial charge in [-0.25, -0.2) is 8.42 Å². The van der Waals surface area contributed by atoms with Crippen molar-refractivity contribution in [2.45, 2.75) is 46.1 Å². The van der Waals surface area contributed by atoms with E-state index in [9.17, 15) is 13.2 Å². The van der Waals surface area contributed by atoms with Crippen molar-refractivity contribution in [3.63, 3.8) is 0 Å². The van der Waals surface area contributed by atoms with E-state index in [1.807, 2.05) is 57.2 Å². The normalized spacial score (nSPS) is 13.7. The number of hydrogen-bond donors (Lipinski definition) is 0. The molecule has 0 N–H and O–H groups in total. The first-order valence-corrected chi connectivity index (χ1v) is 14.7. The van der Waals surface area contributed by atoms with Gasteiger partial charge in [-0.15, -0.1) is 11.6 Å². The van der Waals surface area contributed by atoms with Crippen molar-refractivity contribution in [3.8, 4) is 11.5 Å². The molecule has 36 heavy (non-hydrogen) atoms. The number of sulfone groups is 1. The maximum atomic E-state index is 11.8. The number of carbonyl (C=O) groups excluding carboxylic acids is 1. The van der Waals surface area contributed by atoms with Crippen LogP contribution in [0.5, 0.6) is 11.5 Å². The average Bonchev–Trinajstić information content (AvgIpc) is 2.80. The van der Waals surface area contributed by atoms with Crippen LogP contribution in [0.3, 0.4) is 0 Å². The third-order valence-corrected chi connectivity index (χ3v) is 8.59. The smallest absolute Gasteiger partial charge is 0.303 e. The Morgan fingerprint density at radius 2 is 1.58 bits per heavy atom. The molecule has 2 aromatic carbocycles. The molecule has 0 heterocycles. The van der Waals surface area contributed by atoms with E-state index in [-0.39, 0.29) is 36.5 Å². The molecule has 0 bridgehead atoms. The van der Waals surface area contributed by atoms with E-state index in [2.05, 4.69) is 0 Å². The summed E-state index contributed by atoms with van der Waals surface area (Å²) in [5, 5.41) is 0.710. The molecule has 200 valence electrons. The molecule has 2 atom stereocenters.